The summed E-state index contributed by atoms with van der Waals surface area (Å²) in [6.07, 6.45) is 6.12. The molecule has 2 aromatic heterocycles. The summed E-state index contributed by atoms with van der Waals surface area (Å²) in [6, 6.07) is 8.08. The summed E-state index contributed by atoms with van der Waals surface area (Å²) in [6.45, 7) is 6.74. The van der Waals surface area contributed by atoms with Crippen LogP contribution in [0.15, 0.2) is 30.5 Å². The van der Waals surface area contributed by atoms with Gasteiger partial charge >= 0.3 is 0 Å². The quantitative estimate of drug-likeness (QED) is 0.625. The predicted molar refractivity (Wildman–Crippen MR) is 131 cm³/mol. The Morgan fingerprint density at radius 3 is 2.79 bits per heavy atom. The first-order chi connectivity index (χ1) is 15.9. The summed E-state index contributed by atoms with van der Waals surface area (Å²) in [4.78, 5) is 22.7. The highest BCUT2D eigenvalue weighted by Gasteiger charge is 2.32. The van der Waals surface area contributed by atoms with E-state index in [0.717, 1.165) is 67.1 Å². The molecule has 33 heavy (non-hydrogen) atoms. The molecule has 8 heteroatoms. The molecule has 2 aliphatic heterocycles. The van der Waals surface area contributed by atoms with Crippen LogP contribution in [-0.2, 0) is 0 Å². The number of nitrogens with zero attached hydrogens (tertiary/aromatic N) is 5. The molecule has 7 nitrogen and oxygen atoms in total. The molecule has 2 unspecified atom stereocenters. The van der Waals surface area contributed by atoms with E-state index < -0.39 is 0 Å². The van der Waals surface area contributed by atoms with Crippen LogP contribution in [0.25, 0.3) is 5.65 Å². The molecule has 4 heterocycles. The number of aryl methyl sites for hydroxylation is 2. The molecule has 0 aliphatic carbocycles. The average Bonchev–Trinajstić information content (AvgIpc) is 3.46. The summed E-state index contributed by atoms with van der Waals surface area (Å²) in [5, 5.41) is 8.73. The van der Waals surface area contributed by atoms with E-state index in [4.69, 9.17) is 21.7 Å². The molecular formula is C25H31ClN6O. The molecule has 1 amide bonds. The van der Waals surface area contributed by atoms with Gasteiger partial charge in [0.2, 0.25) is 0 Å². The smallest absolute Gasteiger partial charge is 0.255 e. The van der Waals surface area contributed by atoms with E-state index >= 15 is 0 Å². The number of anilines is 1. The van der Waals surface area contributed by atoms with Crippen LogP contribution in [0, 0.1) is 13.8 Å². The minimum atomic E-state index is -0.0752. The van der Waals surface area contributed by atoms with E-state index in [-0.39, 0.29) is 11.9 Å². The van der Waals surface area contributed by atoms with E-state index in [1.165, 1.54) is 0 Å². The maximum Gasteiger partial charge on any atom is 0.255 e. The zero-order valence-electron chi connectivity index (χ0n) is 19.5. The number of aromatic nitrogens is 3. The molecule has 2 atom stereocenters. The van der Waals surface area contributed by atoms with Gasteiger partial charge in [0.1, 0.15) is 5.82 Å². The molecule has 2 saturated heterocycles. The van der Waals surface area contributed by atoms with Crippen molar-refractivity contribution in [3.8, 4) is 0 Å². The van der Waals surface area contributed by atoms with Crippen LogP contribution in [-0.4, -0.2) is 58.1 Å². The first kappa shape index (κ1) is 22.2. The van der Waals surface area contributed by atoms with Gasteiger partial charge < -0.3 is 15.1 Å². The number of rotatable bonds is 4. The Balaban J connectivity index is 1.46. The molecular weight excluding hydrogens is 436 g/mol. The molecule has 174 valence electrons. The molecule has 2 fully saturated rings. The van der Waals surface area contributed by atoms with E-state index in [2.05, 4.69) is 23.3 Å². The topological polar surface area (TPSA) is 65.8 Å². The van der Waals surface area contributed by atoms with E-state index in [9.17, 15) is 4.79 Å². The first-order valence-corrected chi connectivity index (χ1v) is 12.2. The minimum absolute atomic E-state index is 0.0227. The Hall–Kier alpha value is -2.64. The lowest BCUT2D eigenvalue weighted by Gasteiger charge is -2.35. The van der Waals surface area contributed by atoms with Crippen molar-refractivity contribution in [3.05, 3.63) is 57.9 Å². The van der Waals surface area contributed by atoms with Gasteiger partial charge in [0, 0.05) is 43.5 Å². The third-order valence-corrected chi connectivity index (χ3v) is 7.31. The molecule has 0 radical (unpaired) electrons. The molecule has 0 bridgehead atoms. The molecule has 2 aliphatic rings. The second-order valence-electron chi connectivity index (χ2n) is 9.33. The van der Waals surface area contributed by atoms with Crippen molar-refractivity contribution in [2.75, 3.05) is 31.6 Å². The Bertz CT molecular complexity index is 1190. The summed E-state index contributed by atoms with van der Waals surface area (Å²) >= 11 is 6.40. The summed E-state index contributed by atoms with van der Waals surface area (Å²) in [7, 11) is 2.02. The average molecular weight is 467 g/mol. The molecule has 0 spiro atoms. The number of nitrogens with one attached hydrogen (secondary N) is 1. The van der Waals surface area contributed by atoms with E-state index in [1.807, 2.05) is 41.6 Å². The fraction of sp³-hybridized carbons (Fsp3) is 0.480. The van der Waals surface area contributed by atoms with Crippen molar-refractivity contribution < 1.29 is 4.79 Å². The first-order valence-electron chi connectivity index (χ1n) is 11.8. The van der Waals surface area contributed by atoms with Gasteiger partial charge in [-0.2, -0.15) is 5.10 Å². The van der Waals surface area contributed by atoms with Crippen molar-refractivity contribution in [2.24, 2.45) is 0 Å². The standard InChI is InChI=1S/C25H31ClN6O/c1-16-7-8-20(26)19(12-16)25(33)31-10-5-4-6-22(31)21-13-23-28-24(17(2)14-32(23)29-21)30-11-9-18(15-30)27-3/h7-8,12-14,18,22,27H,4-6,9-11,15H2,1-3H3. The Morgan fingerprint density at radius 2 is 2.00 bits per heavy atom. The minimum Gasteiger partial charge on any atom is -0.355 e. The van der Waals surface area contributed by atoms with E-state index in [0.29, 0.717) is 23.2 Å². The Labute approximate surface area is 199 Å². The Morgan fingerprint density at radius 1 is 1.15 bits per heavy atom. The number of piperidine rings is 1. The maximum atomic E-state index is 13.5. The van der Waals surface area contributed by atoms with Crippen LogP contribution >= 0.6 is 11.6 Å². The molecule has 0 saturated carbocycles. The molecule has 3 aromatic rings. The normalized spacial score (nSPS) is 21.2. The van der Waals surface area contributed by atoms with Crippen molar-refractivity contribution in [1.29, 1.82) is 0 Å². The van der Waals surface area contributed by atoms with Gasteiger partial charge in [0.15, 0.2) is 5.65 Å². The number of hydrogen-bond acceptors (Lipinski definition) is 5. The van der Waals surface area contributed by atoms with Gasteiger partial charge in [0.25, 0.3) is 5.91 Å². The number of benzene rings is 1. The van der Waals surface area contributed by atoms with Gasteiger partial charge in [-0.05, 0) is 58.7 Å². The van der Waals surface area contributed by atoms with Crippen LogP contribution in [0.1, 0.15) is 58.9 Å². The van der Waals surface area contributed by atoms with Crippen LogP contribution in [0.5, 0.6) is 0 Å². The molecule has 5 rings (SSSR count). The maximum absolute atomic E-state index is 13.5. The zero-order chi connectivity index (χ0) is 23.1. The van der Waals surface area contributed by atoms with Crippen molar-refractivity contribution in [3.63, 3.8) is 0 Å². The van der Waals surface area contributed by atoms with Gasteiger partial charge in [-0.25, -0.2) is 9.50 Å². The number of hydrogen-bond donors (Lipinski definition) is 1. The number of amides is 1. The van der Waals surface area contributed by atoms with E-state index in [1.54, 1.807) is 6.07 Å². The third-order valence-electron chi connectivity index (χ3n) is 6.98. The number of carbonyl (C=O) groups is 1. The van der Waals surface area contributed by atoms with Gasteiger partial charge in [-0.3, -0.25) is 4.79 Å². The fourth-order valence-corrected chi connectivity index (χ4v) is 5.33. The number of likely N-dealkylation sites (tertiary alicyclic amines) is 1. The second-order valence-corrected chi connectivity index (χ2v) is 9.74. The lowest BCUT2D eigenvalue weighted by Crippen LogP contribution is -2.38. The second kappa shape index (κ2) is 8.95. The van der Waals surface area contributed by atoms with Gasteiger partial charge in [-0.1, -0.05) is 23.2 Å². The van der Waals surface area contributed by atoms with Gasteiger partial charge in [-0.15, -0.1) is 0 Å². The van der Waals surface area contributed by atoms with Gasteiger partial charge in [0.05, 0.1) is 22.3 Å². The van der Waals surface area contributed by atoms with Crippen LogP contribution < -0.4 is 10.2 Å². The predicted octanol–water partition coefficient (Wildman–Crippen LogP) is 4.17. The number of likely N-dealkylation sites (N-methyl/N-ethyl adjacent to an activating group) is 1. The van der Waals surface area contributed by atoms with Crippen LogP contribution in [0.4, 0.5) is 5.82 Å². The van der Waals surface area contributed by atoms with Crippen molar-refractivity contribution >= 4 is 29.0 Å². The molecule has 1 N–H and O–H groups in total. The highest BCUT2D eigenvalue weighted by molar-refractivity contribution is 6.33. The number of fused-ring (bicyclic) bond motifs is 1. The highest BCUT2D eigenvalue weighted by Crippen LogP contribution is 2.34. The van der Waals surface area contributed by atoms with Crippen molar-refractivity contribution in [2.45, 2.75) is 51.6 Å². The summed E-state index contributed by atoms with van der Waals surface area (Å²) < 4.78 is 1.86. The SMILES string of the molecule is CNC1CCN(c2nc3cc(C4CCCCN4C(=O)c4cc(C)ccc4Cl)nn3cc2C)C1. The van der Waals surface area contributed by atoms with Crippen LogP contribution in [0.2, 0.25) is 5.02 Å². The summed E-state index contributed by atoms with van der Waals surface area (Å²) in [5.74, 6) is 1.00. The lowest BCUT2D eigenvalue weighted by atomic mass is 9.98. The number of carbonyl (C=O) groups excluding carboxylic acids is 1. The zero-order valence-corrected chi connectivity index (χ0v) is 20.3. The fourth-order valence-electron chi connectivity index (χ4n) is 5.13. The lowest BCUT2D eigenvalue weighted by molar-refractivity contribution is 0.0606. The third kappa shape index (κ3) is 4.20. The molecule has 1 aromatic carbocycles. The van der Waals surface area contributed by atoms with Crippen molar-refractivity contribution in [1.82, 2.24) is 24.8 Å². The largest absolute Gasteiger partial charge is 0.355 e. The monoisotopic (exact) mass is 466 g/mol. The van der Waals surface area contributed by atoms with Crippen LogP contribution in [0.3, 0.4) is 0 Å². The number of halogens is 1. The Kier molecular flexibility index (Phi) is 6.01. The summed E-state index contributed by atoms with van der Waals surface area (Å²) in [5.41, 5.74) is 4.42. The highest BCUT2D eigenvalue weighted by atomic mass is 35.5.